The predicted molar refractivity (Wildman–Crippen MR) is 83.5 cm³/mol. The molecular weight excluding hydrogens is 343 g/mol. The molecule has 2 rings (SSSR count). The Balaban J connectivity index is 1.73. The van der Waals surface area contributed by atoms with Crippen molar-refractivity contribution in [3.05, 3.63) is 23.9 Å². The molecule has 0 radical (unpaired) electrons. The Hall–Kier alpha value is -1.77. The Morgan fingerprint density at radius 3 is 2.50 bits per heavy atom. The van der Waals surface area contributed by atoms with Crippen LogP contribution in [0.5, 0.6) is 0 Å². The summed E-state index contributed by atoms with van der Waals surface area (Å²) in [6.07, 6.45) is 1.39. The number of thioether (sulfide) groups is 1. The number of aromatic nitrogens is 1. The fourth-order valence-corrected chi connectivity index (χ4v) is 3.05. The fourth-order valence-electron chi connectivity index (χ4n) is 2.40. The molecule has 9 heteroatoms. The molecule has 0 bridgehead atoms. The lowest BCUT2D eigenvalue weighted by molar-refractivity contribution is -0.137. The molecule has 1 aromatic heterocycles. The Bertz CT molecular complexity index is 572. The van der Waals surface area contributed by atoms with Gasteiger partial charge in [-0.15, -0.1) is 0 Å². The van der Waals surface area contributed by atoms with Crippen molar-refractivity contribution >= 4 is 23.7 Å². The van der Waals surface area contributed by atoms with E-state index in [2.05, 4.69) is 15.6 Å². The molecular formula is C15H18F3N3O2S. The molecule has 1 fully saturated rings. The first-order chi connectivity index (χ1) is 11.3. The van der Waals surface area contributed by atoms with Gasteiger partial charge in [-0.3, -0.25) is 10.1 Å². The third kappa shape index (κ3) is 6.03. The highest BCUT2D eigenvalue weighted by molar-refractivity contribution is 7.99. The van der Waals surface area contributed by atoms with Gasteiger partial charge in [0.2, 0.25) is 5.91 Å². The minimum absolute atomic E-state index is 0.0933. The van der Waals surface area contributed by atoms with Crippen molar-refractivity contribution in [2.75, 3.05) is 5.75 Å². The summed E-state index contributed by atoms with van der Waals surface area (Å²) in [5.74, 6) is -0.619. The number of hydrogen-bond donors (Lipinski definition) is 2. The molecule has 0 spiro atoms. The van der Waals surface area contributed by atoms with E-state index < -0.39 is 23.7 Å². The van der Waals surface area contributed by atoms with Crippen LogP contribution in [0.1, 0.15) is 37.7 Å². The van der Waals surface area contributed by atoms with Gasteiger partial charge in [0.15, 0.2) is 0 Å². The molecule has 24 heavy (non-hydrogen) atoms. The van der Waals surface area contributed by atoms with Gasteiger partial charge in [-0.1, -0.05) is 31.0 Å². The van der Waals surface area contributed by atoms with Crippen molar-refractivity contribution in [2.45, 2.75) is 49.3 Å². The van der Waals surface area contributed by atoms with E-state index in [0.717, 1.165) is 56.1 Å². The average Bonchev–Trinajstić information content (AvgIpc) is 2.53. The smallest absolute Gasteiger partial charge is 0.335 e. The molecule has 3 amide bonds. The standard InChI is InChI=1S/C15H18F3N3O2S/c16-15(17,18)10-6-7-13(19-8-10)24-9-12(22)21-14(23)20-11-4-2-1-3-5-11/h6-8,11H,1-5,9H2,(H2,20,21,22,23). The van der Waals surface area contributed by atoms with Crippen LogP contribution in [0.3, 0.4) is 0 Å². The quantitative estimate of drug-likeness (QED) is 0.807. The Morgan fingerprint density at radius 1 is 1.21 bits per heavy atom. The largest absolute Gasteiger partial charge is 0.417 e. The van der Waals surface area contributed by atoms with Crippen LogP contribution < -0.4 is 10.6 Å². The number of nitrogens with zero attached hydrogens (tertiary/aromatic N) is 1. The topological polar surface area (TPSA) is 71.1 Å². The summed E-state index contributed by atoms with van der Waals surface area (Å²) in [6.45, 7) is 0. The van der Waals surface area contributed by atoms with Gasteiger partial charge in [0.25, 0.3) is 0 Å². The highest BCUT2D eigenvalue weighted by Crippen LogP contribution is 2.29. The van der Waals surface area contributed by atoms with Crippen molar-refractivity contribution in [3.8, 4) is 0 Å². The van der Waals surface area contributed by atoms with E-state index in [4.69, 9.17) is 0 Å². The number of carbonyl (C=O) groups excluding carboxylic acids is 2. The predicted octanol–water partition coefficient (Wildman–Crippen LogP) is 3.35. The summed E-state index contributed by atoms with van der Waals surface area (Å²) in [5.41, 5.74) is -0.844. The van der Waals surface area contributed by atoms with E-state index >= 15 is 0 Å². The van der Waals surface area contributed by atoms with Crippen molar-refractivity contribution in [2.24, 2.45) is 0 Å². The molecule has 0 unspecified atom stereocenters. The molecule has 132 valence electrons. The maximum absolute atomic E-state index is 12.4. The SMILES string of the molecule is O=C(CSc1ccc(C(F)(F)F)cn1)NC(=O)NC1CCCCC1. The van der Waals surface area contributed by atoms with Crippen LogP contribution in [0.4, 0.5) is 18.0 Å². The van der Waals surface area contributed by atoms with Crippen LogP contribution in [-0.2, 0) is 11.0 Å². The molecule has 1 heterocycles. The minimum Gasteiger partial charge on any atom is -0.335 e. The number of urea groups is 1. The van der Waals surface area contributed by atoms with Crippen molar-refractivity contribution < 1.29 is 22.8 Å². The molecule has 5 nitrogen and oxygen atoms in total. The first-order valence-electron chi connectivity index (χ1n) is 7.61. The van der Waals surface area contributed by atoms with Gasteiger partial charge in [0.1, 0.15) is 0 Å². The number of hydrogen-bond acceptors (Lipinski definition) is 4. The van der Waals surface area contributed by atoms with Gasteiger partial charge < -0.3 is 5.32 Å². The zero-order chi connectivity index (χ0) is 17.6. The molecule has 1 saturated carbocycles. The fraction of sp³-hybridized carbons (Fsp3) is 0.533. The van der Waals surface area contributed by atoms with Crippen LogP contribution in [0.25, 0.3) is 0 Å². The van der Waals surface area contributed by atoms with Crippen LogP contribution >= 0.6 is 11.8 Å². The van der Waals surface area contributed by atoms with Gasteiger partial charge in [-0.2, -0.15) is 13.2 Å². The lowest BCUT2D eigenvalue weighted by atomic mass is 9.96. The van der Waals surface area contributed by atoms with Crippen LogP contribution in [0, 0.1) is 0 Å². The molecule has 2 N–H and O–H groups in total. The number of alkyl halides is 3. The third-order valence-corrected chi connectivity index (χ3v) is 4.55. The first-order valence-corrected chi connectivity index (χ1v) is 8.59. The highest BCUT2D eigenvalue weighted by atomic mass is 32.2. The zero-order valence-electron chi connectivity index (χ0n) is 12.9. The lowest BCUT2D eigenvalue weighted by Gasteiger charge is -2.22. The molecule has 0 aromatic carbocycles. The summed E-state index contributed by atoms with van der Waals surface area (Å²) in [7, 11) is 0. The highest BCUT2D eigenvalue weighted by Gasteiger charge is 2.30. The molecule has 1 aliphatic carbocycles. The number of amides is 3. The van der Waals surface area contributed by atoms with Crippen LogP contribution in [0.15, 0.2) is 23.4 Å². The van der Waals surface area contributed by atoms with Gasteiger partial charge in [0, 0.05) is 12.2 Å². The molecule has 1 aromatic rings. The second kappa shape index (κ2) is 8.36. The van der Waals surface area contributed by atoms with Crippen LogP contribution in [0.2, 0.25) is 0 Å². The van der Waals surface area contributed by atoms with E-state index in [0.29, 0.717) is 0 Å². The summed E-state index contributed by atoms with van der Waals surface area (Å²) >= 11 is 0.965. The Morgan fingerprint density at radius 2 is 1.92 bits per heavy atom. The van der Waals surface area contributed by atoms with Gasteiger partial charge in [-0.25, -0.2) is 9.78 Å². The van der Waals surface area contributed by atoms with E-state index in [-0.39, 0.29) is 16.8 Å². The summed E-state index contributed by atoms with van der Waals surface area (Å²) in [4.78, 5) is 27.0. The average molecular weight is 361 g/mol. The number of rotatable bonds is 4. The normalized spacial score (nSPS) is 15.8. The van der Waals surface area contributed by atoms with Gasteiger partial charge in [0.05, 0.1) is 16.3 Å². The van der Waals surface area contributed by atoms with E-state index in [1.165, 1.54) is 6.07 Å². The van der Waals surface area contributed by atoms with Gasteiger partial charge >= 0.3 is 12.2 Å². The van der Waals surface area contributed by atoms with E-state index in [9.17, 15) is 22.8 Å². The minimum atomic E-state index is -4.44. The maximum Gasteiger partial charge on any atom is 0.417 e. The Labute approximate surface area is 141 Å². The third-order valence-electron chi connectivity index (χ3n) is 3.61. The van der Waals surface area contributed by atoms with Crippen molar-refractivity contribution in [3.63, 3.8) is 0 Å². The monoisotopic (exact) mass is 361 g/mol. The number of pyridine rings is 1. The second-order valence-electron chi connectivity index (χ2n) is 5.53. The zero-order valence-corrected chi connectivity index (χ0v) is 13.7. The van der Waals surface area contributed by atoms with E-state index in [1.54, 1.807) is 0 Å². The Kier molecular flexibility index (Phi) is 6.47. The first kappa shape index (κ1) is 18.6. The number of nitrogens with one attached hydrogen (secondary N) is 2. The van der Waals surface area contributed by atoms with Crippen molar-refractivity contribution in [1.29, 1.82) is 0 Å². The summed E-state index contributed by atoms with van der Waals surface area (Å²) in [6, 6.07) is 1.66. The number of halogens is 3. The number of carbonyl (C=O) groups is 2. The second-order valence-corrected chi connectivity index (χ2v) is 6.52. The lowest BCUT2D eigenvalue weighted by Crippen LogP contribution is -2.45. The molecule has 1 aliphatic rings. The van der Waals surface area contributed by atoms with Crippen LogP contribution in [-0.4, -0.2) is 28.7 Å². The van der Waals surface area contributed by atoms with E-state index in [1.807, 2.05) is 0 Å². The van der Waals surface area contributed by atoms with Crippen molar-refractivity contribution in [1.82, 2.24) is 15.6 Å². The molecule has 0 aliphatic heterocycles. The molecule has 0 saturated heterocycles. The number of imide groups is 1. The molecule has 0 atom stereocenters. The summed E-state index contributed by atoms with van der Waals surface area (Å²) < 4.78 is 37.2. The van der Waals surface area contributed by atoms with Gasteiger partial charge in [-0.05, 0) is 25.0 Å². The summed E-state index contributed by atoms with van der Waals surface area (Å²) in [5, 5.41) is 5.25. The maximum atomic E-state index is 12.4.